The Hall–Kier alpha value is -1.29. The first-order valence-electron chi connectivity index (χ1n) is 9.49. The molecule has 1 unspecified atom stereocenters. The third kappa shape index (κ3) is 6.15. The first-order valence-corrected chi connectivity index (χ1v) is 9.86. The van der Waals surface area contributed by atoms with E-state index < -0.39 is 0 Å². The molecule has 0 radical (unpaired) electrons. The molecule has 0 N–H and O–H groups in total. The van der Waals surface area contributed by atoms with Gasteiger partial charge in [-0.3, -0.25) is 0 Å². The van der Waals surface area contributed by atoms with E-state index in [0.29, 0.717) is 0 Å². The normalized spacial score (nSPS) is 17.2. The van der Waals surface area contributed by atoms with Crippen LogP contribution in [0.15, 0.2) is 46.6 Å². The van der Waals surface area contributed by atoms with E-state index in [1.165, 1.54) is 16.8 Å². The van der Waals surface area contributed by atoms with Crippen LogP contribution < -0.4 is 0 Å². The maximum atomic E-state index is 6.25. The molecule has 4 heteroatoms. The number of allylic oxidation sites excluding steroid dienone is 4. The van der Waals surface area contributed by atoms with E-state index >= 15 is 0 Å². The van der Waals surface area contributed by atoms with Crippen molar-refractivity contribution >= 4 is 11.6 Å². The van der Waals surface area contributed by atoms with Crippen LogP contribution in [-0.2, 0) is 11.2 Å². The minimum atomic E-state index is 0.234. The molecular formula is C22H33ClN2O. The van der Waals surface area contributed by atoms with Gasteiger partial charge < -0.3 is 14.5 Å². The number of likely N-dealkylation sites (N-methyl/N-ethyl adjacent to an activating group) is 2. The minimum absolute atomic E-state index is 0.234. The molecule has 1 atom stereocenters. The molecule has 1 aromatic rings. The van der Waals surface area contributed by atoms with Crippen LogP contribution >= 0.6 is 11.6 Å². The van der Waals surface area contributed by atoms with Crippen molar-refractivity contribution in [1.29, 1.82) is 0 Å². The summed E-state index contributed by atoms with van der Waals surface area (Å²) in [5.74, 6) is 0. The molecule has 1 aromatic carbocycles. The first kappa shape index (κ1) is 21.0. The fourth-order valence-electron chi connectivity index (χ4n) is 3.10. The van der Waals surface area contributed by atoms with Crippen molar-refractivity contribution in [1.82, 2.24) is 9.80 Å². The van der Waals surface area contributed by atoms with Crippen LogP contribution in [0.1, 0.15) is 44.4 Å². The molecular weight excluding hydrogens is 344 g/mol. The summed E-state index contributed by atoms with van der Waals surface area (Å²) in [5.41, 5.74) is 5.15. The average Bonchev–Trinajstić information content (AvgIpc) is 2.64. The molecule has 0 bridgehead atoms. The minimum Gasteiger partial charge on any atom is -0.377 e. The monoisotopic (exact) mass is 376 g/mol. The highest BCUT2D eigenvalue weighted by atomic mass is 35.5. The van der Waals surface area contributed by atoms with Gasteiger partial charge in [0, 0.05) is 37.4 Å². The number of ether oxygens (including phenoxy) is 1. The van der Waals surface area contributed by atoms with E-state index in [4.69, 9.17) is 16.3 Å². The van der Waals surface area contributed by atoms with Gasteiger partial charge in [-0.2, -0.15) is 0 Å². The molecule has 0 aliphatic carbocycles. The van der Waals surface area contributed by atoms with E-state index in [1.807, 2.05) is 19.9 Å². The fourth-order valence-corrected chi connectivity index (χ4v) is 3.26. The molecule has 144 valence electrons. The van der Waals surface area contributed by atoms with Gasteiger partial charge >= 0.3 is 0 Å². The Morgan fingerprint density at radius 3 is 2.62 bits per heavy atom. The van der Waals surface area contributed by atoms with Crippen LogP contribution in [-0.4, -0.2) is 50.1 Å². The number of fused-ring (bicyclic) bond motifs is 1. The Bertz CT molecular complexity index is 649. The van der Waals surface area contributed by atoms with Crippen molar-refractivity contribution in [3.8, 4) is 0 Å². The predicted molar refractivity (Wildman–Crippen MR) is 112 cm³/mol. The lowest BCUT2D eigenvalue weighted by molar-refractivity contribution is 0.0306. The van der Waals surface area contributed by atoms with Crippen LogP contribution in [0, 0.1) is 0 Å². The third-order valence-electron chi connectivity index (χ3n) is 5.10. The molecule has 2 rings (SSSR count). The molecule has 3 nitrogen and oxygen atoms in total. The Balaban J connectivity index is 1.79. The smallest absolute Gasteiger partial charge is 0.0839 e. The van der Waals surface area contributed by atoms with Crippen LogP contribution in [0.2, 0.25) is 0 Å². The van der Waals surface area contributed by atoms with E-state index in [2.05, 4.69) is 55.1 Å². The summed E-state index contributed by atoms with van der Waals surface area (Å²) in [6, 6.07) is 8.69. The molecule has 1 aliphatic heterocycles. The topological polar surface area (TPSA) is 15.7 Å². The lowest BCUT2D eigenvalue weighted by Crippen LogP contribution is -2.31. The Morgan fingerprint density at radius 1 is 1.15 bits per heavy atom. The summed E-state index contributed by atoms with van der Waals surface area (Å²) >= 11 is 6.25. The molecule has 0 saturated carbocycles. The Labute approximate surface area is 164 Å². The highest BCUT2D eigenvalue weighted by Crippen LogP contribution is 2.29. The van der Waals surface area contributed by atoms with E-state index in [1.54, 1.807) is 0 Å². The van der Waals surface area contributed by atoms with E-state index in [0.717, 1.165) is 49.7 Å². The summed E-state index contributed by atoms with van der Waals surface area (Å²) in [6.45, 7) is 10.0. The second-order valence-corrected chi connectivity index (χ2v) is 7.86. The van der Waals surface area contributed by atoms with Crippen molar-refractivity contribution in [2.24, 2.45) is 0 Å². The van der Waals surface area contributed by atoms with Gasteiger partial charge in [-0.25, -0.2) is 0 Å². The Morgan fingerprint density at radius 2 is 1.88 bits per heavy atom. The summed E-state index contributed by atoms with van der Waals surface area (Å²) in [4.78, 5) is 4.64. The molecule has 1 heterocycles. The summed E-state index contributed by atoms with van der Waals surface area (Å²) in [5, 5.41) is 0.829. The maximum absolute atomic E-state index is 6.25. The molecule has 0 aromatic heterocycles. The second kappa shape index (κ2) is 10.1. The lowest BCUT2D eigenvalue weighted by atomic mass is 9.96. The summed E-state index contributed by atoms with van der Waals surface area (Å²) in [6.07, 6.45) is 4.35. The fraction of sp³-hybridized carbons (Fsp3) is 0.545. The largest absolute Gasteiger partial charge is 0.377 e. The van der Waals surface area contributed by atoms with Gasteiger partial charge in [0.05, 0.1) is 12.7 Å². The summed E-state index contributed by atoms with van der Waals surface area (Å²) < 4.78 is 6.02. The second-order valence-electron chi connectivity index (χ2n) is 7.46. The van der Waals surface area contributed by atoms with Gasteiger partial charge in [0.25, 0.3) is 0 Å². The number of rotatable bonds is 8. The van der Waals surface area contributed by atoms with Crippen LogP contribution in [0.4, 0.5) is 0 Å². The lowest BCUT2D eigenvalue weighted by Gasteiger charge is -2.29. The average molecular weight is 377 g/mol. The molecule has 1 aliphatic rings. The molecule has 0 fully saturated rings. The van der Waals surface area contributed by atoms with Crippen LogP contribution in [0.5, 0.6) is 0 Å². The number of benzene rings is 1. The molecule has 0 spiro atoms. The van der Waals surface area contributed by atoms with Gasteiger partial charge in [0.1, 0.15) is 0 Å². The quantitative estimate of drug-likeness (QED) is 0.594. The molecule has 26 heavy (non-hydrogen) atoms. The van der Waals surface area contributed by atoms with Gasteiger partial charge in [-0.1, -0.05) is 41.4 Å². The van der Waals surface area contributed by atoms with Crippen molar-refractivity contribution in [3.63, 3.8) is 0 Å². The van der Waals surface area contributed by atoms with Gasteiger partial charge in [0.15, 0.2) is 0 Å². The SMILES string of the molecule is CC(C)=C(Cl)/C=C(\C)N(C)CCN(C)CCC1OCCc2ccccc21. The van der Waals surface area contributed by atoms with Crippen molar-refractivity contribution in [2.45, 2.75) is 39.7 Å². The predicted octanol–water partition coefficient (Wildman–Crippen LogP) is 4.99. The van der Waals surface area contributed by atoms with Gasteiger partial charge in [-0.15, -0.1) is 0 Å². The standard InChI is InChI=1S/C22H33ClN2O/c1-17(2)21(23)16-18(3)25(5)14-13-24(4)12-10-22-20-9-7-6-8-19(20)11-15-26-22/h6-9,16,22H,10-15H2,1-5H3/b18-16+. The van der Waals surface area contributed by atoms with Crippen molar-refractivity contribution < 1.29 is 4.74 Å². The van der Waals surface area contributed by atoms with E-state index in [-0.39, 0.29) is 6.10 Å². The van der Waals surface area contributed by atoms with E-state index in [9.17, 15) is 0 Å². The summed E-state index contributed by atoms with van der Waals surface area (Å²) in [7, 11) is 4.31. The third-order valence-corrected chi connectivity index (χ3v) is 5.58. The van der Waals surface area contributed by atoms with Crippen LogP contribution in [0.25, 0.3) is 0 Å². The number of nitrogens with zero attached hydrogens (tertiary/aromatic N) is 2. The first-order chi connectivity index (χ1) is 12.4. The number of hydrogen-bond donors (Lipinski definition) is 0. The zero-order valence-corrected chi connectivity index (χ0v) is 17.6. The zero-order valence-electron chi connectivity index (χ0n) is 16.9. The number of hydrogen-bond acceptors (Lipinski definition) is 3. The van der Waals surface area contributed by atoms with Gasteiger partial charge in [-0.05, 0) is 57.9 Å². The van der Waals surface area contributed by atoms with Crippen molar-refractivity contribution in [2.75, 3.05) is 40.3 Å². The molecule has 0 saturated heterocycles. The molecule has 0 amide bonds. The maximum Gasteiger partial charge on any atom is 0.0839 e. The van der Waals surface area contributed by atoms with Crippen LogP contribution in [0.3, 0.4) is 0 Å². The van der Waals surface area contributed by atoms with Gasteiger partial charge in [0.2, 0.25) is 0 Å². The number of halogens is 1. The zero-order chi connectivity index (χ0) is 19.1. The van der Waals surface area contributed by atoms with Crippen molar-refractivity contribution in [3.05, 3.63) is 57.8 Å². The highest BCUT2D eigenvalue weighted by Gasteiger charge is 2.20. The highest BCUT2D eigenvalue weighted by molar-refractivity contribution is 6.31. The Kier molecular flexibility index (Phi) is 8.20.